The lowest BCUT2D eigenvalue weighted by atomic mass is 10.0. The third kappa shape index (κ3) is 6.32. The van der Waals surface area contributed by atoms with Gasteiger partial charge in [-0.05, 0) is 49.3 Å². The minimum Gasteiger partial charge on any atom is -0.598 e. The molecular weight excluding hydrogens is 313 g/mol. The Morgan fingerprint density at radius 3 is 2.78 bits per heavy atom. The Labute approximate surface area is 142 Å². The molecule has 1 aliphatic carbocycles. The maximum Gasteiger partial charge on any atom is 0.165 e. The summed E-state index contributed by atoms with van der Waals surface area (Å²) in [5.74, 6) is 1.24. The molecule has 1 unspecified atom stereocenters. The van der Waals surface area contributed by atoms with E-state index in [2.05, 4.69) is 18.6 Å². The zero-order valence-electron chi connectivity index (χ0n) is 14.1. The fourth-order valence-corrected chi connectivity index (χ4v) is 3.65. The Morgan fingerprint density at radius 1 is 1.35 bits per heavy atom. The van der Waals surface area contributed by atoms with Crippen LogP contribution < -0.4 is 9.46 Å². The predicted molar refractivity (Wildman–Crippen MR) is 93.3 cm³/mol. The maximum absolute atomic E-state index is 13.9. The Morgan fingerprint density at radius 2 is 2.13 bits per heavy atom. The van der Waals surface area contributed by atoms with Crippen molar-refractivity contribution < 1.29 is 13.7 Å². The second kappa shape index (κ2) is 9.50. The van der Waals surface area contributed by atoms with Crippen molar-refractivity contribution in [1.29, 1.82) is 0 Å². The van der Waals surface area contributed by atoms with Gasteiger partial charge in [-0.25, -0.2) is 4.39 Å². The molecule has 2 rings (SSSR count). The van der Waals surface area contributed by atoms with Crippen LogP contribution in [0.4, 0.5) is 4.39 Å². The third-order valence-electron chi connectivity index (χ3n) is 4.06. The second-order valence-corrected chi connectivity index (χ2v) is 7.64. The average molecular weight is 341 g/mol. The van der Waals surface area contributed by atoms with Gasteiger partial charge in [0.15, 0.2) is 11.6 Å². The number of rotatable bonds is 11. The van der Waals surface area contributed by atoms with E-state index in [4.69, 9.17) is 4.74 Å². The molecule has 2 atom stereocenters. The summed E-state index contributed by atoms with van der Waals surface area (Å²) < 4.78 is 34.9. The van der Waals surface area contributed by atoms with Crippen LogP contribution in [-0.2, 0) is 11.4 Å². The van der Waals surface area contributed by atoms with Gasteiger partial charge in [0.05, 0.1) is 12.6 Å². The van der Waals surface area contributed by atoms with E-state index in [0.29, 0.717) is 24.0 Å². The Balaban J connectivity index is 2.02. The van der Waals surface area contributed by atoms with Gasteiger partial charge >= 0.3 is 0 Å². The minimum atomic E-state index is -1.05. The molecular formula is C18H28FNO2S. The first-order valence-corrected chi connectivity index (χ1v) is 10.0. The number of benzene rings is 1. The quantitative estimate of drug-likeness (QED) is 0.602. The molecule has 1 N–H and O–H groups in total. The molecule has 1 fully saturated rings. The first-order valence-electron chi connectivity index (χ1n) is 8.70. The molecule has 130 valence electrons. The van der Waals surface area contributed by atoms with Crippen LogP contribution in [0.1, 0.15) is 64.0 Å². The van der Waals surface area contributed by atoms with E-state index >= 15 is 0 Å². The van der Waals surface area contributed by atoms with Crippen molar-refractivity contribution in [3.05, 3.63) is 29.6 Å². The molecule has 1 saturated carbocycles. The van der Waals surface area contributed by atoms with Gasteiger partial charge in [-0.15, -0.1) is 4.72 Å². The number of hydrogen-bond donors (Lipinski definition) is 1. The molecule has 0 saturated heterocycles. The standard InChI is InChI=1S/C18H28FNO2S/c1-3-5-11-23(21)20-17(6-4-2)15-9-10-16(19)18(12-15)22-13-14-7-8-14/h9-10,12,14,17,20H,3-8,11,13H2,1-2H3/t17-,23?/m1/s1. The van der Waals surface area contributed by atoms with Crippen LogP contribution in [0.15, 0.2) is 18.2 Å². The molecule has 0 spiro atoms. The highest BCUT2D eigenvalue weighted by molar-refractivity contribution is 7.89. The van der Waals surface area contributed by atoms with E-state index in [-0.39, 0.29) is 11.9 Å². The van der Waals surface area contributed by atoms with E-state index in [1.54, 1.807) is 12.1 Å². The van der Waals surface area contributed by atoms with Crippen LogP contribution in [0, 0.1) is 11.7 Å². The molecule has 5 heteroatoms. The number of nitrogens with one attached hydrogen (secondary N) is 1. The summed E-state index contributed by atoms with van der Waals surface area (Å²) in [6, 6.07) is 4.96. The van der Waals surface area contributed by atoms with Crippen molar-refractivity contribution >= 4 is 11.4 Å². The SMILES string of the molecule is CCCC[S+]([O-])N[C@H](CCC)c1ccc(F)c(OCC2CC2)c1. The van der Waals surface area contributed by atoms with Crippen molar-refractivity contribution in [2.75, 3.05) is 12.4 Å². The van der Waals surface area contributed by atoms with Gasteiger partial charge in [-0.2, -0.15) is 0 Å². The zero-order valence-corrected chi connectivity index (χ0v) is 15.0. The highest BCUT2D eigenvalue weighted by atomic mass is 32.2. The number of unbranched alkanes of at least 4 members (excludes halogenated alkanes) is 1. The van der Waals surface area contributed by atoms with Crippen molar-refractivity contribution in [3.63, 3.8) is 0 Å². The molecule has 1 aliphatic rings. The lowest BCUT2D eigenvalue weighted by Crippen LogP contribution is -2.30. The predicted octanol–water partition coefficient (Wildman–Crippen LogP) is 4.51. The summed E-state index contributed by atoms with van der Waals surface area (Å²) in [5.41, 5.74) is 0.948. The highest BCUT2D eigenvalue weighted by Gasteiger charge is 2.23. The molecule has 0 bridgehead atoms. The van der Waals surface area contributed by atoms with Crippen LogP contribution in [0.2, 0.25) is 0 Å². The van der Waals surface area contributed by atoms with Crippen molar-refractivity contribution in [2.45, 2.75) is 58.4 Å². The van der Waals surface area contributed by atoms with Gasteiger partial charge in [-0.1, -0.05) is 32.8 Å². The molecule has 23 heavy (non-hydrogen) atoms. The van der Waals surface area contributed by atoms with Crippen LogP contribution in [0.25, 0.3) is 0 Å². The monoisotopic (exact) mass is 341 g/mol. The summed E-state index contributed by atoms with van der Waals surface area (Å²) in [6.45, 7) is 4.77. The van der Waals surface area contributed by atoms with E-state index in [1.165, 1.54) is 18.9 Å². The van der Waals surface area contributed by atoms with Gasteiger partial charge in [-0.3, -0.25) is 0 Å². The Kier molecular flexibility index (Phi) is 7.66. The summed E-state index contributed by atoms with van der Waals surface area (Å²) in [5, 5.41) is 0. The maximum atomic E-state index is 13.9. The van der Waals surface area contributed by atoms with Gasteiger partial charge in [0.1, 0.15) is 5.75 Å². The third-order valence-corrected chi connectivity index (χ3v) is 5.27. The molecule has 0 aliphatic heterocycles. The van der Waals surface area contributed by atoms with Crippen LogP contribution in [0.3, 0.4) is 0 Å². The first-order chi connectivity index (χ1) is 11.1. The highest BCUT2D eigenvalue weighted by Crippen LogP contribution is 2.31. The molecule has 1 aromatic carbocycles. The van der Waals surface area contributed by atoms with E-state index in [1.807, 2.05) is 0 Å². The van der Waals surface area contributed by atoms with Gasteiger partial charge in [0, 0.05) is 11.4 Å². The summed E-state index contributed by atoms with van der Waals surface area (Å²) in [7, 11) is 0. The largest absolute Gasteiger partial charge is 0.598 e. The smallest absolute Gasteiger partial charge is 0.165 e. The number of ether oxygens (including phenoxy) is 1. The fourth-order valence-electron chi connectivity index (χ4n) is 2.41. The van der Waals surface area contributed by atoms with Crippen LogP contribution in [0.5, 0.6) is 5.75 Å². The summed E-state index contributed by atoms with van der Waals surface area (Å²) >= 11 is -1.05. The molecule has 1 aromatic rings. The second-order valence-electron chi connectivity index (χ2n) is 6.31. The van der Waals surface area contributed by atoms with Gasteiger partial charge < -0.3 is 9.29 Å². The first kappa shape index (κ1) is 18.6. The van der Waals surface area contributed by atoms with E-state index < -0.39 is 11.4 Å². The zero-order chi connectivity index (χ0) is 16.7. The Hall–Kier alpha value is -0.780. The van der Waals surface area contributed by atoms with Crippen molar-refractivity contribution in [1.82, 2.24) is 4.72 Å². The minimum absolute atomic E-state index is 0.0263. The summed E-state index contributed by atoms with van der Waals surface area (Å²) in [4.78, 5) is 0. The van der Waals surface area contributed by atoms with E-state index in [0.717, 1.165) is 31.2 Å². The summed E-state index contributed by atoms with van der Waals surface area (Å²) in [6.07, 6.45) is 6.17. The average Bonchev–Trinajstić information content (AvgIpc) is 3.36. The lowest BCUT2D eigenvalue weighted by Gasteiger charge is -2.21. The van der Waals surface area contributed by atoms with Crippen molar-refractivity contribution in [3.8, 4) is 5.75 Å². The van der Waals surface area contributed by atoms with Crippen LogP contribution >= 0.6 is 0 Å². The molecule has 0 aromatic heterocycles. The van der Waals surface area contributed by atoms with Gasteiger partial charge in [0.25, 0.3) is 0 Å². The lowest BCUT2D eigenvalue weighted by molar-refractivity contribution is 0.284. The van der Waals surface area contributed by atoms with Crippen molar-refractivity contribution in [2.24, 2.45) is 5.92 Å². The van der Waals surface area contributed by atoms with E-state index in [9.17, 15) is 8.94 Å². The topological polar surface area (TPSA) is 44.3 Å². The number of hydrogen-bond acceptors (Lipinski definition) is 3. The Bertz CT molecular complexity index is 482. The fraction of sp³-hybridized carbons (Fsp3) is 0.667. The molecule has 0 radical (unpaired) electrons. The number of halogens is 1. The van der Waals surface area contributed by atoms with Crippen LogP contribution in [-0.4, -0.2) is 16.9 Å². The normalized spacial score (nSPS) is 17.0. The van der Waals surface area contributed by atoms with Gasteiger partial charge in [0.2, 0.25) is 0 Å². The molecule has 3 nitrogen and oxygen atoms in total. The molecule has 0 amide bonds. The molecule has 0 heterocycles.